The van der Waals surface area contributed by atoms with Crippen molar-refractivity contribution < 1.29 is 51.5 Å². The zero-order valence-electron chi connectivity index (χ0n) is 6.51. The molecule has 7 heteroatoms. The summed E-state index contributed by atoms with van der Waals surface area (Å²) in [5.41, 5.74) is 0. The topological polar surface area (TPSA) is 40.1 Å². The van der Waals surface area contributed by atoms with E-state index < -0.39 is 33.4 Å². The van der Waals surface area contributed by atoms with Crippen molar-refractivity contribution in [1.82, 2.24) is 0 Å². The molecule has 0 spiro atoms. The second-order valence-electron chi connectivity index (χ2n) is 1.94. The molecule has 2 nitrogen and oxygen atoms in total. The van der Waals surface area contributed by atoms with Crippen LogP contribution in [-0.4, -0.2) is 8.76 Å². The van der Waals surface area contributed by atoms with E-state index in [0.29, 0.717) is 12.1 Å². The monoisotopic (exact) mass is 218 g/mol. The van der Waals surface area contributed by atoms with Gasteiger partial charge in [0.25, 0.3) is 0 Å². The van der Waals surface area contributed by atoms with Crippen LogP contribution in [0.1, 0.15) is 0 Å². The first-order chi connectivity index (χ1) is 5.52. The summed E-state index contributed by atoms with van der Waals surface area (Å²) < 4.78 is 57.2. The minimum absolute atomic E-state index is 0. The van der Waals surface area contributed by atoms with Crippen LogP contribution in [0.25, 0.3) is 0 Å². The number of rotatable bonds is 1. The van der Waals surface area contributed by atoms with E-state index in [1.807, 2.05) is 0 Å². The minimum Gasteiger partial charge on any atom is -0.768 e. The molecule has 0 amide bonds. The molecule has 0 aliphatic heterocycles. The van der Waals surface area contributed by atoms with Gasteiger partial charge in [-0.15, -0.1) is 0 Å². The van der Waals surface area contributed by atoms with Crippen molar-refractivity contribution in [2.45, 2.75) is 4.90 Å². The molecule has 0 aliphatic rings. The molecule has 66 valence electrons. The maximum absolute atomic E-state index is 12.3. The molecule has 0 radical (unpaired) electrons. The van der Waals surface area contributed by atoms with Crippen molar-refractivity contribution >= 4 is 11.1 Å². The molecule has 0 heterocycles. The van der Waals surface area contributed by atoms with Crippen LogP contribution < -0.4 is 29.6 Å². The third-order valence-electron chi connectivity index (χ3n) is 1.15. The molecule has 0 fully saturated rings. The Hall–Kier alpha value is 0.120. The van der Waals surface area contributed by atoms with Crippen LogP contribution in [0.2, 0.25) is 0 Å². The van der Waals surface area contributed by atoms with Gasteiger partial charge in [0.1, 0.15) is 0 Å². The van der Waals surface area contributed by atoms with Crippen LogP contribution in [0.5, 0.6) is 0 Å². The Morgan fingerprint density at radius 1 is 1.15 bits per heavy atom. The summed E-state index contributed by atoms with van der Waals surface area (Å²) in [5.74, 6) is -4.72. The van der Waals surface area contributed by atoms with Crippen LogP contribution in [0.15, 0.2) is 17.0 Å². The average molecular weight is 218 g/mol. The van der Waals surface area contributed by atoms with Gasteiger partial charge in [0, 0.05) is 4.90 Å². The molecule has 1 atom stereocenters. The summed E-state index contributed by atoms with van der Waals surface area (Å²) >= 11 is -2.75. The molecule has 1 aromatic rings. The van der Waals surface area contributed by atoms with Gasteiger partial charge in [0.2, 0.25) is 0 Å². The maximum atomic E-state index is 12.3. The van der Waals surface area contributed by atoms with E-state index in [2.05, 4.69) is 0 Å². The van der Waals surface area contributed by atoms with Crippen molar-refractivity contribution in [1.29, 1.82) is 0 Å². The van der Waals surface area contributed by atoms with Crippen molar-refractivity contribution in [2.24, 2.45) is 0 Å². The van der Waals surface area contributed by atoms with Crippen molar-refractivity contribution in [3.63, 3.8) is 0 Å². The largest absolute Gasteiger partial charge is 1.00 e. The van der Waals surface area contributed by atoms with Crippen molar-refractivity contribution in [3.05, 3.63) is 29.6 Å². The van der Waals surface area contributed by atoms with Gasteiger partial charge in [0.15, 0.2) is 17.5 Å². The van der Waals surface area contributed by atoms with E-state index in [1.54, 1.807) is 0 Å². The molecule has 0 N–H and O–H groups in total. The van der Waals surface area contributed by atoms with Gasteiger partial charge in [-0.2, -0.15) is 0 Å². The Bertz CT molecular complexity index is 322. The molecule has 0 saturated carbocycles. The molecule has 1 rings (SSSR count). The standard InChI is InChI=1S/C6H3F3O2S.Na/c7-4-1-3(12(10)11)2-5(8)6(4)9;/h1-2H,(H,10,11);/q;+1/p-1. The van der Waals surface area contributed by atoms with Gasteiger partial charge in [0.05, 0.1) is 0 Å². The van der Waals surface area contributed by atoms with E-state index in [4.69, 9.17) is 0 Å². The van der Waals surface area contributed by atoms with Gasteiger partial charge in [-0.05, 0) is 23.2 Å². The van der Waals surface area contributed by atoms with Crippen LogP contribution >= 0.6 is 0 Å². The predicted octanol–water partition coefficient (Wildman–Crippen LogP) is -1.65. The average Bonchev–Trinajstić information content (AvgIpc) is 1.99. The number of hydrogen-bond donors (Lipinski definition) is 0. The third kappa shape index (κ3) is 3.07. The minimum atomic E-state index is -2.75. The Labute approximate surface area is 96.7 Å². The molecular formula is C6H2F3NaO2S. The Kier molecular flexibility index (Phi) is 5.16. The summed E-state index contributed by atoms with van der Waals surface area (Å²) in [4.78, 5) is -0.619. The van der Waals surface area contributed by atoms with Crippen molar-refractivity contribution in [3.8, 4) is 0 Å². The predicted molar refractivity (Wildman–Crippen MR) is 33.5 cm³/mol. The smallest absolute Gasteiger partial charge is 0.768 e. The van der Waals surface area contributed by atoms with Crippen LogP contribution in [0, 0.1) is 17.5 Å². The van der Waals surface area contributed by atoms with E-state index in [-0.39, 0.29) is 29.6 Å². The summed E-state index contributed by atoms with van der Waals surface area (Å²) in [5, 5.41) is 0. The van der Waals surface area contributed by atoms with Gasteiger partial charge in [-0.25, -0.2) is 13.2 Å². The van der Waals surface area contributed by atoms with Gasteiger partial charge < -0.3 is 4.55 Å². The normalized spacial score (nSPS) is 12.0. The fraction of sp³-hybridized carbons (Fsp3) is 0. The number of hydrogen-bond acceptors (Lipinski definition) is 2. The molecule has 0 saturated heterocycles. The molecule has 0 aliphatic carbocycles. The fourth-order valence-electron chi connectivity index (χ4n) is 0.628. The zero-order chi connectivity index (χ0) is 9.30. The van der Waals surface area contributed by atoms with Crippen LogP contribution in [0.3, 0.4) is 0 Å². The van der Waals surface area contributed by atoms with E-state index in [9.17, 15) is 21.9 Å². The van der Waals surface area contributed by atoms with E-state index in [0.717, 1.165) is 0 Å². The molecule has 0 aromatic heterocycles. The van der Waals surface area contributed by atoms with E-state index >= 15 is 0 Å². The quantitative estimate of drug-likeness (QED) is 0.322. The first kappa shape index (κ1) is 13.1. The zero-order valence-corrected chi connectivity index (χ0v) is 9.33. The maximum Gasteiger partial charge on any atom is 1.00 e. The Morgan fingerprint density at radius 3 is 1.85 bits per heavy atom. The SMILES string of the molecule is O=S([O-])c1cc(F)c(F)c(F)c1.[Na+]. The fourth-order valence-corrected chi connectivity index (χ4v) is 1.03. The first-order valence-corrected chi connectivity index (χ1v) is 3.83. The first-order valence-electron chi connectivity index (χ1n) is 2.76. The van der Waals surface area contributed by atoms with E-state index in [1.165, 1.54) is 0 Å². The van der Waals surface area contributed by atoms with Gasteiger partial charge in [-0.1, -0.05) is 0 Å². The Morgan fingerprint density at radius 2 is 1.54 bits per heavy atom. The third-order valence-corrected chi connectivity index (χ3v) is 1.77. The summed E-state index contributed by atoms with van der Waals surface area (Å²) in [6.45, 7) is 0. The summed E-state index contributed by atoms with van der Waals surface area (Å²) in [6, 6.07) is 0.809. The number of benzene rings is 1. The molecular weight excluding hydrogens is 216 g/mol. The summed E-state index contributed by atoms with van der Waals surface area (Å²) in [6.07, 6.45) is 0. The molecule has 1 aromatic carbocycles. The van der Waals surface area contributed by atoms with Crippen molar-refractivity contribution in [2.75, 3.05) is 0 Å². The van der Waals surface area contributed by atoms with Crippen LogP contribution in [0.4, 0.5) is 13.2 Å². The second-order valence-corrected chi connectivity index (χ2v) is 2.88. The molecule has 0 bridgehead atoms. The Balaban J connectivity index is 0.00000144. The van der Waals surface area contributed by atoms with Crippen LogP contribution in [-0.2, 0) is 11.1 Å². The van der Waals surface area contributed by atoms with Gasteiger partial charge in [-0.3, -0.25) is 4.21 Å². The summed E-state index contributed by atoms with van der Waals surface area (Å²) in [7, 11) is 0. The van der Waals surface area contributed by atoms with Gasteiger partial charge >= 0.3 is 29.6 Å². The second kappa shape index (κ2) is 5.11. The molecule has 13 heavy (non-hydrogen) atoms. The number of halogens is 3. The molecule has 1 unspecified atom stereocenters.